The monoisotopic (exact) mass is 435 g/mol. The number of amides is 3. The van der Waals surface area contributed by atoms with E-state index in [0.717, 1.165) is 26.3 Å². The van der Waals surface area contributed by atoms with Crippen LogP contribution in [0.15, 0.2) is 0 Å². The molecule has 1 saturated heterocycles. The summed E-state index contributed by atoms with van der Waals surface area (Å²) in [5.41, 5.74) is 4.29. The maximum absolute atomic E-state index is 12.5. The zero-order valence-electron chi connectivity index (χ0n) is 16.8. The van der Waals surface area contributed by atoms with Crippen LogP contribution in [0.25, 0.3) is 0 Å². The van der Waals surface area contributed by atoms with Gasteiger partial charge in [0.1, 0.15) is 6.04 Å². The number of primary amides is 1. The number of esters is 1. The van der Waals surface area contributed by atoms with Crippen molar-refractivity contribution in [3.05, 3.63) is 0 Å². The summed E-state index contributed by atoms with van der Waals surface area (Å²) >= 11 is 0. The van der Waals surface area contributed by atoms with Crippen LogP contribution < -0.4 is 5.73 Å². The van der Waals surface area contributed by atoms with E-state index in [1.165, 1.54) is 4.90 Å². The molecule has 2 aliphatic rings. The molecule has 0 aromatic rings. The van der Waals surface area contributed by atoms with Crippen molar-refractivity contribution in [3.63, 3.8) is 0 Å². The van der Waals surface area contributed by atoms with E-state index in [4.69, 9.17) is 18.9 Å². The number of piperidine rings is 1. The summed E-state index contributed by atoms with van der Waals surface area (Å²) in [6.45, 7) is 1.68. The summed E-state index contributed by atoms with van der Waals surface area (Å²) < 4.78 is 39.1. The van der Waals surface area contributed by atoms with E-state index in [2.05, 4.69) is 0 Å². The molecule has 0 aromatic heterocycles. The van der Waals surface area contributed by atoms with Crippen LogP contribution >= 0.6 is 0 Å². The highest BCUT2D eigenvalue weighted by Crippen LogP contribution is 2.40. The van der Waals surface area contributed by atoms with Gasteiger partial charge in [0.25, 0.3) is 0 Å². The van der Waals surface area contributed by atoms with Gasteiger partial charge < -0.3 is 15.4 Å². The lowest BCUT2D eigenvalue weighted by Crippen LogP contribution is -2.54. The summed E-state index contributed by atoms with van der Waals surface area (Å²) in [5, 5.41) is 0.488. The summed E-state index contributed by atoms with van der Waals surface area (Å²) in [5.74, 6) is -1.17. The fourth-order valence-corrected chi connectivity index (χ4v) is 4.51. The molecule has 0 aromatic carbocycles. The number of hydrogen-bond donors (Lipinski definition) is 1. The third kappa shape index (κ3) is 5.80. The smallest absolute Gasteiger partial charge is 0.421 e. The Kier molecular flexibility index (Phi) is 7.83. The molecule has 0 radical (unpaired) electrons. The maximum Gasteiger partial charge on any atom is 0.421 e. The van der Waals surface area contributed by atoms with Gasteiger partial charge in [0, 0.05) is 13.6 Å². The van der Waals surface area contributed by atoms with Crippen molar-refractivity contribution in [3.8, 4) is 0 Å². The Morgan fingerprint density at radius 2 is 1.83 bits per heavy atom. The predicted molar refractivity (Wildman–Crippen MR) is 100 cm³/mol. The second-order valence-corrected chi connectivity index (χ2v) is 8.54. The SMILES string of the molecule is CCOC(=O)C1(COS(=O)(=O)ON(C)C(=O)N2CCCC[C@H]2C(N)=O)CCCC1. The topological polar surface area (TPSA) is 146 Å². The van der Waals surface area contributed by atoms with Crippen LogP contribution in [0.4, 0.5) is 4.79 Å². The largest absolute Gasteiger partial charge is 0.465 e. The fourth-order valence-electron chi connectivity index (χ4n) is 3.76. The lowest BCUT2D eigenvalue weighted by molar-refractivity contribution is -0.157. The van der Waals surface area contributed by atoms with Gasteiger partial charge in [-0.05, 0) is 39.0 Å². The van der Waals surface area contributed by atoms with Gasteiger partial charge in [-0.2, -0.15) is 13.5 Å². The fraction of sp³-hybridized carbons (Fsp3) is 0.824. The lowest BCUT2D eigenvalue weighted by atomic mass is 9.87. The minimum absolute atomic E-state index is 0.179. The Hall–Kier alpha value is -1.92. The molecule has 1 atom stereocenters. The maximum atomic E-state index is 12.5. The number of hydroxylamine groups is 2. The predicted octanol–water partition coefficient (Wildman–Crippen LogP) is 0.695. The van der Waals surface area contributed by atoms with Crippen molar-refractivity contribution in [2.45, 2.75) is 57.9 Å². The first-order valence-corrected chi connectivity index (χ1v) is 11.0. The van der Waals surface area contributed by atoms with E-state index in [-0.39, 0.29) is 13.2 Å². The Bertz CT molecular complexity index is 720. The van der Waals surface area contributed by atoms with E-state index < -0.39 is 46.4 Å². The van der Waals surface area contributed by atoms with Crippen molar-refractivity contribution in [1.29, 1.82) is 0 Å². The van der Waals surface area contributed by atoms with Gasteiger partial charge in [-0.3, -0.25) is 9.59 Å². The molecule has 1 aliphatic heterocycles. The van der Waals surface area contributed by atoms with Crippen LogP contribution in [-0.4, -0.2) is 69.1 Å². The van der Waals surface area contributed by atoms with Crippen LogP contribution in [0.5, 0.6) is 0 Å². The number of carbonyl (C=O) groups excluding carboxylic acids is 3. The molecule has 2 fully saturated rings. The molecule has 12 heteroatoms. The number of hydrogen-bond acceptors (Lipinski definition) is 8. The molecular weight excluding hydrogens is 406 g/mol. The van der Waals surface area contributed by atoms with Crippen LogP contribution in [-0.2, 0) is 33.2 Å². The number of nitrogens with two attached hydrogens (primary N) is 1. The average molecular weight is 435 g/mol. The lowest BCUT2D eigenvalue weighted by Gasteiger charge is -2.35. The summed E-state index contributed by atoms with van der Waals surface area (Å²) in [7, 11) is -3.52. The van der Waals surface area contributed by atoms with Crippen LogP contribution in [0.3, 0.4) is 0 Å². The van der Waals surface area contributed by atoms with E-state index in [1.807, 2.05) is 0 Å². The first-order valence-electron chi connectivity index (χ1n) is 9.72. The molecule has 166 valence electrons. The number of likely N-dealkylation sites (tertiary alicyclic amines) is 1. The zero-order valence-corrected chi connectivity index (χ0v) is 17.6. The highest BCUT2D eigenvalue weighted by atomic mass is 32.3. The van der Waals surface area contributed by atoms with Crippen LogP contribution in [0.2, 0.25) is 0 Å². The average Bonchev–Trinajstić information content (AvgIpc) is 3.16. The molecule has 0 spiro atoms. The molecule has 1 saturated carbocycles. The number of carbonyl (C=O) groups is 3. The van der Waals surface area contributed by atoms with E-state index in [0.29, 0.717) is 30.7 Å². The third-order valence-corrected chi connectivity index (χ3v) is 6.11. The van der Waals surface area contributed by atoms with Gasteiger partial charge in [-0.15, -0.1) is 4.28 Å². The highest BCUT2D eigenvalue weighted by molar-refractivity contribution is 7.81. The number of nitrogens with zero attached hydrogens (tertiary/aromatic N) is 2. The first-order chi connectivity index (χ1) is 13.6. The minimum atomic E-state index is -4.62. The number of ether oxygens (including phenoxy) is 1. The Morgan fingerprint density at radius 3 is 2.41 bits per heavy atom. The van der Waals surface area contributed by atoms with Crippen LogP contribution in [0, 0.1) is 5.41 Å². The van der Waals surface area contributed by atoms with Gasteiger partial charge in [-0.1, -0.05) is 12.8 Å². The van der Waals surface area contributed by atoms with Crippen molar-refractivity contribution < 1.29 is 36.0 Å². The second-order valence-electron chi connectivity index (χ2n) is 7.34. The summed E-state index contributed by atoms with van der Waals surface area (Å²) in [6.07, 6.45) is 4.21. The quantitative estimate of drug-likeness (QED) is 0.433. The van der Waals surface area contributed by atoms with Crippen LogP contribution in [0.1, 0.15) is 51.9 Å². The standard InChI is InChI=1S/C17H29N3O8S/c1-3-26-15(22)17(9-5-6-10-17)12-27-29(24,25)28-19(2)16(23)20-11-7-4-8-13(20)14(18)21/h13H,3-12H2,1-2H3,(H2,18,21)/t13-/m0/s1. The molecule has 29 heavy (non-hydrogen) atoms. The molecule has 1 aliphatic carbocycles. The van der Waals surface area contributed by atoms with Gasteiger partial charge in [0.15, 0.2) is 0 Å². The van der Waals surface area contributed by atoms with Gasteiger partial charge in [-0.25, -0.2) is 8.98 Å². The Labute approximate surface area is 170 Å². The minimum Gasteiger partial charge on any atom is -0.465 e. The molecular formula is C17H29N3O8S. The molecule has 2 rings (SSSR count). The molecule has 3 amide bonds. The highest BCUT2D eigenvalue weighted by Gasteiger charge is 2.44. The van der Waals surface area contributed by atoms with Gasteiger partial charge >= 0.3 is 22.4 Å². The van der Waals surface area contributed by atoms with E-state index in [1.54, 1.807) is 6.92 Å². The van der Waals surface area contributed by atoms with E-state index >= 15 is 0 Å². The van der Waals surface area contributed by atoms with Gasteiger partial charge in [0.2, 0.25) is 5.91 Å². The molecule has 1 heterocycles. The number of rotatable bonds is 8. The molecule has 0 unspecified atom stereocenters. The van der Waals surface area contributed by atoms with Gasteiger partial charge in [0.05, 0.1) is 18.6 Å². The number of urea groups is 1. The first kappa shape index (κ1) is 23.4. The van der Waals surface area contributed by atoms with E-state index in [9.17, 15) is 22.8 Å². The summed E-state index contributed by atoms with van der Waals surface area (Å²) in [4.78, 5) is 37.5. The Balaban J connectivity index is 1.99. The Morgan fingerprint density at radius 1 is 1.17 bits per heavy atom. The van der Waals surface area contributed by atoms with Crippen molar-refractivity contribution in [1.82, 2.24) is 9.96 Å². The second kappa shape index (κ2) is 9.72. The molecule has 0 bridgehead atoms. The van der Waals surface area contributed by atoms with Crippen molar-refractivity contribution in [2.24, 2.45) is 11.1 Å². The van der Waals surface area contributed by atoms with Crippen molar-refractivity contribution in [2.75, 3.05) is 26.8 Å². The van der Waals surface area contributed by atoms with Crippen molar-refractivity contribution >= 4 is 28.3 Å². The molecule has 2 N–H and O–H groups in total. The zero-order chi connectivity index (χ0) is 21.7. The normalized spacial score (nSPS) is 21.6. The summed E-state index contributed by atoms with van der Waals surface area (Å²) in [6, 6.07) is -1.64. The molecule has 11 nitrogen and oxygen atoms in total. The third-order valence-electron chi connectivity index (χ3n) is 5.30.